The average molecular weight is 267 g/mol. The summed E-state index contributed by atoms with van der Waals surface area (Å²) in [5.41, 5.74) is 3.63. The van der Waals surface area contributed by atoms with Crippen molar-refractivity contribution in [2.24, 2.45) is 0 Å². The average Bonchev–Trinajstić information content (AvgIpc) is 2.52. The van der Waals surface area contributed by atoms with Gasteiger partial charge in [0.15, 0.2) is 0 Å². The van der Waals surface area contributed by atoms with Crippen LogP contribution in [0.1, 0.15) is 18.1 Å². The Morgan fingerprint density at radius 1 is 1.15 bits per heavy atom. The maximum Gasteiger partial charge on any atom is 0.124 e. The van der Waals surface area contributed by atoms with Gasteiger partial charge in [-0.3, -0.25) is 0 Å². The first-order valence-corrected chi connectivity index (χ1v) is 6.98. The van der Waals surface area contributed by atoms with Crippen LogP contribution in [-0.2, 0) is 13.0 Å². The van der Waals surface area contributed by atoms with Crippen LogP contribution in [0.25, 0.3) is 0 Å². The lowest BCUT2D eigenvalue weighted by Gasteiger charge is -2.12. The largest absolute Gasteiger partial charge is 0.489 e. The quantitative estimate of drug-likeness (QED) is 0.749. The Morgan fingerprint density at radius 3 is 2.80 bits per heavy atom. The highest BCUT2D eigenvalue weighted by Crippen LogP contribution is 2.20. The zero-order valence-electron chi connectivity index (χ0n) is 11.9. The molecule has 0 aromatic heterocycles. The van der Waals surface area contributed by atoms with Crippen molar-refractivity contribution in [1.29, 1.82) is 0 Å². The molecule has 0 saturated carbocycles. The number of benzene rings is 2. The Balaban J connectivity index is 2.04. The summed E-state index contributed by atoms with van der Waals surface area (Å²) in [7, 11) is 0. The standard InChI is InChI=1S/C18H21NO/c1-3-12-20-18-11-6-5-9-16(18)14-19-17-10-7-8-15(4-2)13-17/h3,5-11,13,19H,1,4,12,14H2,2H3. The Bertz CT molecular complexity index is 563. The third kappa shape index (κ3) is 3.89. The number of aryl methyl sites for hydroxylation is 1. The maximum absolute atomic E-state index is 5.66. The van der Waals surface area contributed by atoms with Crippen LogP contribution in [0, 0.1) is 0 Å². The minimum atomic E-state index is 0.530. The molecule has 2 aromatic rings. The van der Waals surface area contributed by atoms with Crippen LogP contribution in [0.15, 0.2) is 61.2 Å². The number of anilines is 1. The first-order chi connectivity index (χ1) is 9.83. The normalized spacial score (nSPS) is 10.1. The molecule has 0 atom stereocenters. The summed E-state index contributed by atoms with van der Waals surface area (Å²) in [5, 5.41) is 3.45. The highest BCUT2D eigenvalue weighted by atomic mass is 16.5. The molecule has 0 aliphatic rings. The lowest BCUT2D eigenvalue weighted by Crippen LogP contribution is -2.03. The van der Waals surface area contributed by atoms with E-state index < -0.39 is 0 Å². The highest BCUT2D eigenvalue weighted by molar-refractivity contribution is 5.47. The first-order valence-electron chi connectivity index (χ1n) is 6.98. The molecule has 2 rings (SSSR count). The van der Waals surface area contributed by atoms with E-state index in [-0.39, 0.29) is 0 Å². The van der Waals surface area contributed by atoms with Crippen molar-refractivity contribution in [3.05, 3.63) is 72.3 Å². The minimum Gasteiger partial charge on any atom is -0.489 e. The summed E-state index contributed by atoms with van der Waals surface area (Å²) >= 11 is 0. The number of ether oxygens (including phenoxy) is 1. The zero-order valence-corrected chi connectivity index (χ0v) is 11.9. The van der Waals surface area contributed by atoms with Gasteiger partial charge in [0.25, 0.3) is 0 Å². The molecule has 0 heterocycles. The summed E-state index contributed by atoms with van der Waals surface area (Å²) in [4.78, 5) is 0. The molecule has 104 valence electrons. The van der Waals surface area contributed by atoms with Gasteiger partial charge in [0, 0.05) is 17.8 Å². The lowest BCUT2D eigenvalue weighted by atomic mass is 10.1. The van der Waals surface area contributed by atoms with Gasteiger partial charge in [0.2, 0.25) is 0 Å². The van der Waals surface area contributed by atoms with Crippen molar-refractivity contribution in [1.82, 2.24) is 0 Å². The van der Waals surface area contributed by atoms with Crippen LogP contribution < -0.4 is 10.1 Å². The molecule has 0 saturated heterocycles. The van der Waals surface area contributed by atoms with Gasteiger partial charge in [-0.15, -0.1) is 0 Å². The topological polar surface area (TPSA) is 21.3 Å². The van der Waals surface area contributed by atoms with Crippen molar-refractivity contribution < 1.29 is 4.74 Å². The summed E-state index contributed by atoms with van der Waals surface area (Å²) in [5.74, 6) is 0.909. The maximum atomic E-state index is 5.66. The van der Waals surface area contributed by atoms with Crippen molar-refractivity contribution >= 4 is 5.69 Å². The number of para-hydroxylation sites is 1. The fourth-order valence-electron chi connectivity index (χ4n) is 2.04. The van der Waals surface area contributed by atoms with Gasteiger partial charge in [-0.2, -0.15) is 0 Å². The summed E-state index contributed by atoms with van der Waals surface area (Å²) in [6.07, 6.45) is 2.81. The Hall–Kier alpha value is -2.22. The smallest absolute Gasteiger partial charge is 0.124 e. The van der Waals surface area contributed by atoms with Crippen molar-refractivity contribution in [2.75, 3.05) is 11.9 Å². The van der Waals surface area contributed by atoms with E-state index in [1.807, 2.05) is 18.2 Å². The lowest BCUT2D eigenvalue weighted by molar-refractivity contribution is 0.359. The van der Waals surface area contributed by atoms with Crippen LogP contribution in [0.4, 0.5) is 5.69 Å². The third-order valence-electron chi connectivity index (χ3n) is 3.15. The summed E-state index contributed by atoms with van der Waals surface area (Å²) in [6, 6.07) is 16.6. The molecular weight excluding hydrogens is 246 g/mol. The summed E-state index contributed by atoms with van der Waals surface area (Å²) in [6.45, 7) is 7.12. The second-order valence-corrected chi connectivity index (χ2v) is 4.61. The second kappa shape index (κ2) is 7.39. The Kier molecular flexibility index (Phi) is 5.24. The van der Waals surface area contributed by atoms with Gasteiger partial charge in [0.05, 0.1) is 0 Å². The molecule has 0 spiro atoms. The Morgan fingerprint density at radius 2 is 2.00 bits per heavy atom. The monoisotopic (exact) mass is 267 g/mol. The van der Waals surface area contributed by atoms with Crippen molar-refractivity contribution in [2.45, 2.75) is 19.9 Å². The molecule has 2 aromatic carbocycles. The van der Waals surface area contributed by atoms with E-state index >= 15 is 0 Å². The van der Waals surface area contributed by atoms with Gasteiger partial charge in [-0.05, 0) is 30.2 Å². The molecule has 0 unspecified atom stereocenters. The van der Waals surface area contributed by atoms with Gasteiger partial charge < -0.3 is 10.1 Å². The first kappa shape index (κ1) is 14.2. The Labute approximate surface area is 121 Å². The molecule has 0 aliphatic carbocycles. The third-order valence-corrected chi connectivity index (χ3v) is 3.15. The van der Waals surface area contributed by atoms with E-state index in [4.69, 9.17) is 4.74 Å². The van der Waals surface area contributed by atoms with Crippen molar-refractivity contribution in [3.63, 3.8) is 0 Å². The van der Waals surface area contributed by atoms with E-state index in [9.17, 15) is 0 Å². The number of hydrogen-bond acceptors (Lipinski definition) is 2. The molecule has 0 bridgehead atoms. The van der Waals surface area contributed by atoms with Crippen molar-refractivity contribution in [3.8, 4) is 5.75 Å². The van der Waals surface area contributed by atoms with Gasteiger partial charge in [-0.25, -0.2) is 0 Å². The van der Waals surface area contributed by atoms with Crippen LogP contribution in [-0.4, -0.2) is 6.61 Å². The molecule has 2 heteroatoms. The SMILES string of the molecule is C=CCOc1ccccc1CNc1cccc(CC)c1. The number of nitrogens with one attached hydrogen (secondary N) is 1. The van der Waals surface area contributed by atoms with Crippen LogP contribution in [0.2, 0.25) is 0 Å². The summed E-state index contributed by atoms with van der Waals surface area (Å²) < 4.78 is 5.66. The molecule has 0 aliphatic heterocycles. The molecule has 0 fully saturated rings. The number of hydrogen-bond donors (Lipinski definition) is 1. The number of rotatable bonds is 7. The van der Waals surface area contributed by atoms with E-state index in [1.165, 1.54) is 5.56 Å². The van der Waals surface area contributed by atoms with E-state index in [1.54, 1.807) is 6.08 Å². The minimum absolute atomic E-state index is 0.530. The molecule has 0 amide bonds. The highest BCUT2D eigenvalue weighted by Gasteiger charge is 2.02. The fraction of sp³-hybridized carbons (Fsp3) is 0.222. The fourth-order valence-corrected chi connectivity index (χ4v) is 2.04. The molecule has 20 heavy (non-hydrogen) atoms. The predicted octanol–water partition coefficient (Wildman–Crippen LogP) is 4.43. The van der Waals surface area contributed by atoms with E-state index in [0.717, 1.165) is 30.0 Å². The molecule has 0 radical (unpaired) electrons. The zero-order chi connectivity index (χ0) is 14.2. The van der Waals surface area contributed by atoms with Gasteiger partial charge >= 0.3 is 0 Å². The van der Waals surface area contributed by atoms with Gasteiger partial charge in [0.1, 0.15) is 12.4 Å². The van der Waals surface area contributed by atoms with Gasteiger partial charge in [-0.1, -0.05) is 49.9 Å². The predicted molar refractivity (Wildman–Crippen MR) is 85.3 cm³/mol. The van der Waals surface area contributed by atoms with Crippen LogP contribution in [0.5, 0.6) is 5.75 Å². The second-order valence-electron chi connectivity index (χ2n) is 4.61. The van der Waals surface area contributed by atoms with Crippen LogP contribution >= 0.6 is 0 Å². The van der Waals surface area contributed by atoms with E-state index in [2.05, 4.69) is 49.2 Å². The van der Waals surface area contributed by atoms with E-state index in [0.29, 0.717) is 6.61 Å². The molecule has 1 N–H and O–H groups in total. The molecular formula is C18H21NO. The van der Waals surface area contributed by atoms with Crippen LogP contribution in [0.3, 0.4) is 0 Å². The molecule has 2 nitrogen and oxygen atoms in total.